The van der Waals surface area contributed by atoms with Gasteiger partial charge in [0.05, 0.1) is 12.5 Å². The fraction of sp³-hybridized carbons (Fsp3) is 0.400. The highest BCUT2D eigenvalue weighted by Crippen LogP contribution is 2.15. The van der Waals surface area contributed by atoms with E-state index >= 15 is 0 Å². The van der Waals surface area contributed by atoms with Crippen molar-refractivity contribution in [3.63, 3.8) is 0 Å². The topological polar surface area (TPSA) is 26.3 Å². The summed E-state index contributed by atoms with van der Waals surface area (Å²) in [7, 11) is 0. The van der Waals surface area contributed by atoms with Gasteiger partial charge in [0.2, 0.25) is 0 Å². The van der Waals surface area contributed by atoms with Gasteiger partial charge in [0.1, 0.15) is 0 Å². The first kappa shape index (κ1) is 13.5. The molecule has 0 spiro atoms. The first-order valence-electron chi connectivity index (χ1n) is 6.09. The van der Waals surface area contributed by atoms with E-state index in [1.54, 1.807) is 6.08 Å². The molecule has 2 nitrogen and oxygen atoms in total. The number of hydrogen-bond acceptors (Lipinski definition) is 2. The van der Waals surface area contributed by atoms with E-state index in [9.17, 15) is 4.79 Å². The quantitative estimate of drug-likeness (QED) is 0.532. The van der Waals surface area contributed by atoms with Gasteiger partial charge < -0.3 is 4.74 Å². The molecule has 0 bridgehead atoms. The summed E-state index contributed by atoms with van der Waals surface area (Å²) < 4.78 is 5.06. The first-order chi connectivity index (χ1) is 8.27. The van der Waals surface area contributed by atoms with E-state index in [2.05, 4.69) is 18.7 Å². The SMILES string of the molecule is C=CC[C@@H](CCc1ccccc1)C(=O)OCC. The highest BCUT2D eigenvalue weighted by molar-refractivity contribution is 5.72. The number of benzene rings is 1. The zero-order valence-electron chi connectivity index (χ0n) is 10.4. The van der Waals surface area contributed by atoms with Crippen LogP contribution in [0.2, 0.25) is 0 Å². The number of hydrogen-bond donors (Lipinski definition) is 0. The van der Waals surface area contributed by atoms with Crippen molar-refractivity contribution in [3.8, 4) is 0 Å². The standard InChI is InChI=1S/C15H20O2/c1-3-8-14(15(16)17-4-2)12-11-13-9-6-5-7-10-13/h3,5-7,9-10,14H,1,4,8,11-12H2,2H3/t14-/m0/s1. The van der Waals surface area contributed by atoms with Gasteiger partial charge >= 0.3 is 5.97 Å². The zero-order chi connectivity index (χ0) is 12.5. The second-order valence-electron chi connectivity index (χ2n) is 4.00. The van der Waals surface area contributed by atoms with Crippen LogP contribution in [0.4, 0.5) is 0 Å². The normalized spacial score (nSPS) is 11.8. The van der Waals surface area contributed by atoms with E-state index in [1.807, 2.05) is 25.1 Å². The van der Waals surface area contributed by atoms with Crippen molar-refractivity contribution >= 4 is 5.97 Å². The maximum Gasteiger partial charge on any atom is 0.309 e. The van der Waals surface area contributed by atoms with Crippen LogP contribution in [0, 0.1) is 5.92 Å². The molecule has 1 rings (SSSR count). The summed E-state index contributed by atoms with van der Waals surface area (Å²) in [6, 6.07) is 10.2. The molecule has 0 radical (unpaired) electrons. The maximum absolute atomic E-state index is 11.7. The number of ether oxygens (including phenoxy) is 1. The Kier molecular flexibility index (Phi) is 6.08. The third-order valence-corrected chi connectivity index (χ3v) is 2.70. The van der Waals surface area contributed by atoms with Crippen molar-refractivity contribution in [2.75, 3.05) is 6.61 Å². The molecule has 0 saturated heterocycles. The summed E-state index contributed by atoms with van der Waals surface area (Å²) in [6.45, 7) is 5.97. The van der Waals surface area contributed by atoms with Crippen LogP contribution >= 0.6 is 0 Å². The summed E-state index contributed by atoms with van der Waals surface area (Å²) in [4.78, 5) is 11.7. The molecule has 0 N–H and O–H groups in total. The predicted molar refractivity (Wildman–Crippen MR) is 69.7 cm³/mol. The van der Waals surface area contributed by atoms with Gasteiger partial charge in [-0.05, 0) is 31.7 Å². The molecule has 0 fully saturated rings. The Balaban J connectivity index is 2.49. The lowest BCUT2D eigenvalue weighted by Crippen LogP contribution is -2.18. The summed E-state index contributed by atoms with van der Waals surface area (Å²) in [5.74, 6) is -0.170. The lowest BCUT2D eigenvalue weighted by atomic mass is 9.96. The number of rotatable bonds is 7. The average Bonchev–Trinajstić information content (AvgIpc) is 2.36. The van der Waals surface area contributed by atoms with Gasteiger partial charge in [-0.1, -0.05) is 36.4 Å². The number of esters is 1. The average molecular weight is 232 g/mol. The molecule has 0 aliphatic rings. The van der Waals surface area contributed by atoms with Crippen LogP contribution in [0.25, 0.3) is 0 Å². The Bertz CT molecular complexity index is 343. The van der Waals surface area contributed by atoms with Crippen LogP contribution in [0.1, 0.15) is 25.3 Å². The lowest BCUT2D eigenvalue weighted by molar-refractivity contribution is -0.148. The molecule has 0 aliphatic carbocycles. The Morgan fingerprint density at radius 2 is 2.12 bits per heavy atom. The third-order valence-electron chi connectivity index (χ3n) is 2.70. The van der Waals surface area contributed by atoms with E-state index in [0.717, 1.165) is 12.8 Å². The molecule has 1 aromatic carbocycles. The molecule has 1 aromatic rings. The summed E-state index contributed by atoms with van der Waals surface area (Å²) >= 11 is 0. The molecule has 17 heavy (non-hydrogen) atoms. The molecule has 1 atom stereocenters. The second-order valence-corrected chi connectivity index (χ2v) is 4.00. The van der Waals surface area contributed by atoms with Crippen molar-refractivity contribution in [2.45, 2.75) is 26.2 Å². The van der Waals surface area contributed by atoms with Gasteiger partial charge in [-0.15, -0.1) is 6.58 Å². The minimum Gasteiger partial charge on any atom is -0.466 e. The molecule has 0 amide bonds. The Labute approximate surface area is 103 Å². The molecular formula is C15H20O2. The monoisotopic (exact) mass is 232 g/mol. The van der Waals surface area contributed by atoms with Crippen LogP contribution < -0.4 is 0 Å². The van der Waals surface area contributed by atoms with Gasteiger partial charge in [0.25, 0.3) is 0 Å². The Morgan fingerprint density at radius 1 is 1.41 bits per heavy atom. The zero-order valence-corrected chi connectivity index (χ0v) is 10.4. The van der Waals surface area contributed by atoms with Crippen molar-refractivity contribution in [3.05, 3.63) is 48.6 Å². The Hall–Kier alpha value is -1.57. The number of allylic oxidation sites excluding steroid dienone is 1. The van der Waals surface area contributed by atoms with Gasteiger partial charge in [0.15, 0.2) is 0 Å². The van der Waals surface area contributed by atoms with Gasteiger partial charge in [-0.3, -0.25) is 4.79 Å². The number of carbonyl (C=O) groups excluding carboxylic acids is 1. The lowest BCUT2D eigenvalue weighted by Gasteiger charge is -2.13. The van der Waals surface area contributed by atoms with E-state index in [-0.39, 0.29) is 11.9 Å². The highest BCUT2D eigenvalue weighted by atomic mass is 16.5. The van der Waals surface area contributed by atoms with Crippen LogP contribution in [-0.4, -0.2) is 12.6 Å². The van der Waals surface area contributed by atoms with E-state index in [1.165, 1.54) is 5.56 Å². The number of aryl methyl sites for hydroxylation is 1. The van der Waals surface area contributed by atoms with E-state index in [0.29, 0.717) is 13.0 Å². The fourth-order valence-electron chi connectivity index (χ4n) is 1.78. The molecular weight excluding hydrogens is 212 g/mol. The first-order valence-corrected chi connectivity index (χ1v) is 6.09. The number of carbonyl (C=O) groups is 1. The van der Waals surface area contributed by atoms with Crippen LogP contribution in [0.15, 0.2) is 43.0 Å². The van der Waals surface area contributed by atoms with Crippen molar-refractivity contribution in [1.29, 1.82) is 0 Å². The second kappa shape index (κ2) is 7.66. The minimum atomic E-state index is -0.108. The van der Waals surface area contributed by atoms with Gasteiger partial charge in [0, 0.05) is 0 Å². The minimum absolute atomic E-state index is 0.0624. The molecule has 2 heteroatoms. The largest absolute Gasteiger partial charge is 0.466 e. The summed E-state index contributed by atoms with van der Waals surface area (Å²) in [6.07, 6.45) is 4.19. The van der Waals surface area contributed by atoms with Crippen LogP contribution in [-0.2, 0) is 16.0 Å². The predicted octanol–water partition coefficient (Wildman–Crippen LogP) is 3.37. The highest BCUT2D eigenvalue weighted by Gasteiger charge is 2.17. The fourth-order valence-corrected chi connectivity index (χ4v) is 1.78. The van der Waals surface area contributed by atoms with E-state index in [4.69, 9.17) is 4.74 Å². The Morgan fingerprint density at radius 3 is 2.71 bits per heavy atom. The van der Waals surface area contributed by atoms with Crippen molar-refractivity contribution in [1.82, 2.24) is 0 Å². The third kappa shape index (κ3) is 4.85. The molecule has 0 heterocycles. The summed E-state index contributed by atoms with van der Waals surface area (Å²) in [5.41, 5.74) is 1.26. The van der Waals surface area contributed by atoms with Crippen LogP contribution in [0.5, 0.6) is 0 Å². The van der Waals surface area contributed by atoms with Crippen molar-refractivity contribution < 1.29 is 9.53 Å². The maximum atomic E-state index is 11.7. The smallest absolute Gasteiger partial charge is 0.309 e. The van der Waals surface area contributed by atoms with Gasteiger partial charge in [-0.25, -0.2) is 0 Å². The summed E-state index contributed by atoms with van der Waals surface area (Å²) in [5, 5.41) is 0. The molecule has 0 unspecified atom stereocenters. The van der Waals surface area contributed by atoms with Gasteiger partial charge in [-0.2, -0.15) is 0 Å². The van der Waals surface area contributed by atoms with Crippen LogP contribution in [0.3, 0.4) is 0 Å². The van der Waals surface area contributed by atoms with E-state index < -0.39 is 0 Å². The van der Waals surface area contributed by atoms with Crippen molar-refractivity contribution in [2.24, 2.45) is 5.92 Å². The molecule has 0 aromatic heterocycles. The molecule has 0 aliphatic heterocycles. The molecule has 92 valence electrons. The molecule has 0 saturated carbocycles.